The van der Waals surface area contributed by atoms with Gasteiger partial charge in [-0.15, -0.1) is 0 Å². The van der Waals surface area contributed by atoms with Gasteiger partial charge in [0, 0.05) is 11.3 Å². The fraction of sp³-hybridized carbons (Fsp3) is 0.357. The lowest BCUT2D eigenvalue weighted by molar-refractivity contribution is -0.384. The molecule has 1 aliphatic rings. The average Bonchev–Trinajstić information content (AvgIpc) is 2.87. The lowest BCUT2D eigenvalue weighted by Crippen LogP contribution is -2.11. The molecular formula is C14H11F4N3O2. The zero-order valence-electron chi connectivity index (χ0n) is 11.7. The number of rotatable bonds is 2. The minimum Gasteiger partial charge on any atom is -0.258 e. The Morgan fingerprint density at radius 1 is 1.22 bits per heavy atom. The van der Waals surface area contributed by atoms with Gasteiger partial charge in [0.1, 0.15) is 11.5 Å². The van der Waals surface area contributed by atoms with Crippen LogP contribution in [-0.2, 0) is 19.0 Å². The number of fused-ring (bicyclic) bond motifs is 1. The van der Waals surface area contributed by atoms with Crippen molar-refractivity contribution in [2.75, 3.05) is 0 Å². The van der Waals surface area contributed by atoms with Gasteiger partial charge in [-0.3, -0.25) is 10.1 Å². The van der Waals surface area contributed by atoms with Gasteiger partial charge in [-0.05, 0) is 37.8 Å². The largest absolute Gasteiger partial charge is 0.435 e. The second-order valence-corrected chi connectivity index (χ2v) is 5.28. The van der Waals surface area contributed by atoms with Crippen LogP contribution in [0.5, 0.6) is 0 Å². The van der Waals surface area contributed by atoms with Crippen molar-refractivity contribution in [3.05, 3.63) is 51.1 Å². The quantitative estimate of drug-likeness (QED) is 0.478. The summed E-state index contributed by atoms with van der Waals surface area (Å²) in [5, 5.41) is 14.7. The van der Waals surface area contributed by atoms with E-state index in [2.05, 4.69) is 5.10 Å². The molecule has 0 saturated carbocycles. The van der Waals surface area contributed by atoms with E-state index in [4.69, 9.17) is 0 Å². The van der Waals surface area contributed by atoms with Crippen LogP contribution in [-0.4, -0.2) is 14.7 Å². The maximum absolute atomic E-state index is 13.2. The maximum Gasteiger partial charge on any atom is 0.435 e. The fourth-order valence-electron chi connectivity index (χ4n) is 2.85. The molecule has 1 aromatic heterocycles. The summed E-state index contributed by atoms with van der Waals surface area (Å²) in [5.41, 5.74) is -1.42. The summed E-state index contributed by atoms with van der Waals surface area (Å²) in [5.74, 6) is -0.836. The maximum atomic E-state index is 13.2. The topological polar surface area (TPSA) is 61.0 Å². The number of nitro groups is 1. The monoisotopic (exact) mass is 329 g/mol. The van der Waals surface area contributed by atoms with Crippen molar-refractivity contribution in [3.8, 4) is 5.69 Å². The van der Waals surface area contributed by atoms with Crippen LogP contribution in [0.4, 0.5) is 23.2 Å². The van der Waals surface area contributed by atoms with Crippen molar-refractivity contribution in [2.24, 2.45) is 0 Å². The minimum absolute atomic E-state index is 0.0716. The molecular weight excluding hydrogens is 318 g/mol. The molecule has 1 aromatic carbocycles. The highest BCUT2D eigenvalue weighted by Crippen LogP contribution is 2.38. The smallest absolute Gasteiger partial charge is 0.258 e. The first-order valence-electron chi connectivity index (χ1n) is 6.91. The van der Waals surface area contributed by atoms with Crippen LogP contribution in [0.2, 0.25) is 0 Å². The Hall–Kier alpha value is -2.45. The van der Waals surface area contributed by atoms with Gasteiger partial charge < -0.3 is 0 Å². The van der Waals surface area contributed by atoms with Crippen molar-refractivity contribution in [1.29, 1.82) is 0 Å². The van der Waals surface area contributed by atoms with Crippen molar-refractivity contribution in [3.63, 3.8) is 0 Å². The van der Waals surface area contributed by atoms with Crippen LogP contribution in [0.15, 0.2) is 18.2 Å². The van der Waals surface area contributed by atoms with E-state index in [1.165, 1.54) is 0 Å². The van der Waals surface area contributed by atoms with E-state index in [1.54, 1.807) is 0 Å². The van der Waals surface area contributed by atoms with Gasteiger partial charge in [0.15, 0.2) is 5.69 Å². The Kier molecular flexibility index (Phi) is 3.57. The Bertz CT molecular complexity index is 783. The number of hydrogen-bond donors (Lipinski definition) is 0. The standard InChI is InChI=1S/C14H11F4N3O2/c15-8-5-6-11(12(7-8)21(22)23)20-10-4-2-1-3-9(10)13(19-20)14(16,17)18/h5-7H,1-4H2. The highest BCUT2D eigenvalue weighted by atomic mass is 19.4. The van der Waals surface area contributed by atoms with Gasteiger partial charge >= 0.3 is 6.18 Å². The third-order valence-corrected chi connectivity index (χ3v) is 3.81. The molecule has 0 spiro atoms. The number of alkyl halides is 3. The van der Waals surface area contributed by atoms with Gasteiger partial charge in [0.25, 0.3) is 5.69 Å². The fourth-order valence-corrected chi connectivity index (χ4v) is 2.85. The van der Waals surface area contributed by atoms with Gasteiger partial charge in [-0.2, -0.15) is 18.3 Å². The summed E-state index contributed by atoms with van der Waals surface area (Å²) in [4.78, 5) is 10.3. The summed E-state index contributed by atoms with van der Waals surface area (Å²) >= 11 is 0. The van der Waals surface area contributed by atoms with Crippen molar-refractivity contribution >= 4 is 5.69 Å². The van der Waals surface area contributed by atoms with Crippen LogP contribution < -0.4 is 0 Å². The van der Waals surface area contributed by atoms with Crippen molar-refractivity contribution < 1.29 is 22.5 Å². The molecule has 122 valence electrons. The molecule has 3 rings (SSSR count). The van der Waals surface area contributed by atoms with Crippen molar-refractivity contribution in [1.82, 2.24) is 9.78 Å². The molecule has 0 radical (unpaired) electrons. The summed E-state index contributed by atoms with van der Waals surface area (Å²) in [6.07, 6.45) is -2.80. The molecule has 0 N–H and O–H groups in total. The lowest BCUT2D eigenvalue weighted by atomic mass is 9.95. The molecule has 1 aliphatic carbocycles. The number of benzene rings is 1. The number of aromatic nitrogens is 2. The molecule has 0 fully saturated rings. The van der Waals surface area contributed by atoms with Crippen LogP contribution in [0, 0.1) is 15.9 Å². The van der Waals surface area contributed by atoms with Gasteiger partial charge in [-0.25, -0.2) is 9.07 Å². The Labute approximate surface area is 127 Å². The zero-order chi connectivity index (χ0) is 16.8. The molecule has 1 heterocycles. The van der Waals surface area contributed by atoms with Gasteiger partial charge in [-0.1, -0.05) is 0 Å². The molecule has 0 unspecified atom stereocenters. The van der Waals surface area contributed by atoms with Crippen LogP contribution >= 0.6 is 0 Å². The van der Waals surface area contributed by atoms with Crippen LogP contribution in [0.3, 0.4) is 0 Å². The van der Waals surface area contributed by atoms with Crippen molar-refractivity contribution in [2.45, 2.75) is 31.9 Å². The van der Waals surface area contributed by atoms with Crippen LogP contribution in [0.25, 0.3) is 5.69 Å². The lowest BCUT2D eigenvalue weighted by Gasteiger charge is -2.14. The molecule has 9 heteroatoms. The molecule has 2 aromatic rings. The third-order valence-electron chi connectivity index (χ3n) is 3.81. The predicted molar refractivity (Wildman–Crippen MR) is 71.8 cm³/mol. The Morgan fingerprint density at radius 3 is 2.57 bits per heavy atom. The highest BCUT2D eigenvalue weighted by Gasteiger charge is 2.40. The number of nitrogens with zero attached hydrogens (tertiary/aromatic N) is 3. The van der Waals surface area contributed by atoms with E-state index in [-0.39, 0.29) is 17.7 Å². The Balaban J connectivity index is 2.26. The summed E-state index contributed by atoms with van der Waals surface area (Å²) in [7, 11) is 0. The summed E-state index contributed by atoms with van der Waals surface area (Å²) in [6.45, 7) is 0. The Morgan fingerprint density at radius 2 is 1.91 bits per heavy atom. The molecule has 0 atom stereocenters. The summed E-state index contributed by atoms with van der Waals surface area (Å²) in [6, 6.07) is 2.72. The second kappa shape index (κ2) is 5.32. The molecule has 0 aliphatic heterocycles. The van der Waals surface area contributed by atoms with Gasteiger partial charge in [0.2, 0.25) is 0 Å². The molecule has 5 nitrogen and oxygen atoms in total. The number of nitro benzene ring substituents is 1. The van der Waals surface area contributed by atoms with E-state index in [0.29, 0.717) is 31.0 Å². The molecule has 0 saturated heterocycles. The zero-order valence-corrected chi connectivity index (χ0v) is 11.7. The van der Waals surface area contributed by atoms with E-state index >= 15 is 0 Å². The minimum atomic E-state index is -4.64. The van der Waals surface area contributed by atoms with E-state index < -0.39 is 28.3 Å². The number of hydrogen-bond acceptors (Lipinski definition) is 3. The first-order chi connectivity index (χ1) is 10.8. The molecule has 23 heavy (non-hydrogen) atoms. The number of halogens is 4. The predicted octanol–water partition coefficient (Wildman–Crippen LogP) is 3.82. The van der Waals surface area contributed by atoms with E-state index in [0.717, 1.165) is 16.8 Å². The second-order valence-electron chi connectivity index (χ2n) is 5.28. The SMILES string of the molecule is O=[N+]([O-])c1cc(F)ccc1-n1nc(C(F)(F)F)c2c1CCCC2. The van der Waals surface area contributed by atoms with Gasteiger partial charge in [0.05, 0.1) is 11.0 Å². The molecule has 0 bridgehead atoms. The van der Waals surface area contributed by atoms with E-state index in [1.807, 2.05) is 0 Å². The highest BCUT2D eigenvalue weighted by molar-refractivity contribution is 5.54. The first-order valence-corrected chi connectivity index (χ1v) is 6.91. The third kappa shape index (κ3) is 2.66. The van der Waals surface area contributed by atoms with E-state index in [9.17, 15) is 27.7 Å². The first kappa shape index (κ1) is 15.4. The summed E-state index contributed by atoms with van der Waals surface area (Å²) < 4.78 is 53.7. The van der Waals surface area contributed by atoms with Crippen LogP contribution in [0.1, 0.15) is 29.8 Å². The molecule has 0 amide bonds. The normalized spacial score (nSPS) is 14.6. The average molecular weight is 329 g/mol.